The van der Waals surface area contributed by atoms with Gasteiger partial charge in [-0.15, -0.1) is 0 Å². The van der Waals surface area contributed by atoms with E-state index < -0.39 is 0 Å². The van der Waals surface area contributed by atoms with Crippen molar-refractivity contribution in [2.24, 2.45) is 23.7 Å². The highest BCUT2D eigenvalue weighted by Crippen LogP contribution is 2.38. The largest absolute Gasteiger partial charge is 0.342 e. The van der Waals surface area contributed by atoms with E-state index in [0.29, 0.717) is 42.7 Å². The molecule has 0 N–H and O–H groups in total. The molecule has 2 heterocycles. The van der Waals surface area contributed by atoms with Crippen molar-refractivity contribution < 1.29 is 9.59 Å². The number of piperidine rings is 2. The van der Waals surface area contributed by atoms with Crippen molar-refractivity contribution >= 4 is 11.8 Å². The highest BCUT2D eigenvalue weighted by molar-refractivity contribution is 5.84. The van der Waals surface area contributed by atoms with E-state index in [9.17, 15) is 9.59 Å². The molecule has 4 heteroatoms. The van der Waals surface area contributed by atoms with E-state index in [-0.39, 0.29) is 11.8 Å². The van der Waals surface area contributed by atoms with Crippen LogP contribution in [0.2, 0.25) is 0 Å². The summed E-state index contributed by atoms with van der Waals surface area (Å²) in [5.74, 6) is 2.49. The zero-order chi connectivity index (χ0) is 18.0. The van der Waals surface area contributed by atoms with E-state index in [1.807, 2.05) is 0 Å². The predicted octanol–water partition coefficient (Wildman–Crippen LogP) is 3.70. The van der Waals surface area contributed by atoms with Crippen LogP contribution in [0.4, 0.5) is 0 Å². The van der Waals surface area contributed by atoms with Gasteiger partial charge < -0.3 is 9.80 Å². The van der Waals surface area contributed by atoms with Crippen molar-refractivity contribution in [1.82, 2.24) is 9.80 Å². The first kappa shape index (κ1) is 18.7. The average Bonchev–Trinajstić information content (AvgIpc) is 2.62. The van der Waals surface area contributed by atoms with Crippen molar-refractivity contribution in [3.8, 4) is 0 Å². The van der Waals surface area contributed by atoms with Crippen molar-refractivity contribution in [3.63, 3.8) is 0 Å². The molecule has 1 saturated carbocycles. The second-order valence-electron chi connectivity index (χ2n) is 9.06. The number of rotatable bonds is 3. The minimum absolute atomic E-state index is 0.0286. The Kier molecular flexibility index (Phi) is 6.06. The Balaban J connectivity index is 1.70. The molecule has 0 aromatic heterocycles. The van der Waals surface area contributed by atoms with Crippen LogP contribution in [0, 0.1) is 23.7 Å². The van der Waals surface area contributed by atoms with Gasteiger partial charge in [-0.1, -0.05) is 27.2 Å². The summed E-state index contributed by atoms with van der Waals surface area (Å²) < 4.78 is 0. The van der Waals surface area contributed by atoms with Crippen molar-refractivity contribution in [2.45, 2.75) is 78.2 Å². The summed E-state index contributed by atoms with van der Waals surface area (Å²) in [7, 11) is 0. The predicted molar refractivity (Wildman–Crippen MR) is 100.0 cm³/mol. The number of carbonyl (C=O) groups is 2. The number of hydrogen-bond acceptors (Lipinski definition) is 2. The van der Waals surface area contributed by atoms with Crippen molar-refractivity contribution in [1.29, 1.82) is 0 Å². The van der Waals surface area contributed by atoms with Crippen molar-refractivity contribution in [3.05, 3.63) is 0 Å². The van der Waals surface area contributed by atoms with E-state index in [1.54, 1.807) is 0 Å². The van der Waals surface area contributed by atoms with Crippen LogP contribution in [0.3, 0.4) is 0 Å². The molecule has 3 rings (SSSR count). The Morgan fingerprint density at radius 1 is 1.08 bits per heavy atom. The maximum atomic E-state index is 13.0. The molecule has 4 nitrogen and oxygen atoms in total. The van der Waals surface area contributed by atoms with Gasteiger partial charge in [-0.05, 0) is 56.3 Å². The number of hydrogen-bond donors (Lipinski definition) is 0. The molecule has 0 bridgehead atoms. The number of carbonyl (C=O) groups excluding carboxylic acids is 2. The quantitative estimate of drug-likeness (QED) is 0.780. The molecule has 1 aliphatic carbocycles. The third-order valence-corrected chi connectivity index (χ3v) is 6.85. The summed E-state index contributed by atoms with van der Waals surface area (Å²) in [5.41, 5.74) is 0. The fourth-order valence-electron chi connectivity index (χ4n) is 5.28. The third kappa shape index (κ3) is 4.20. The lowest BCUT2D eigenvalue weighted by molar-refractivity contribution is -0.147. The van der Waals surface area contributed by atoms with Crippen LogP contribution in [-0.4, -0.2) is 47.3 Å². The Bertz CT molecular complexity index is 484. The molecule has 0 aromatic carbocycles. The normalized spacial score (nSPS) is 34.5. The molecule has 3 fully saturated rings. The van der Waals surface area contributed by atoms with Crippen LogP contribution < -0.4 is 0 Å². The molecule has 0 radical (unpaired) electrons. The second kappa shape index (κ2) is 8.09. The summed E-state index contributed by atoms with van der Waals surface area (Å²) in [5, 5.41) is 0. The van der Waals surface area contributed by atoms with Gasteiger partial charge in [-0.25, -0.2) is 0 Å². The molecule has 2 saturated heterocycles. The van der Waals surface area contributed by atoms with E-state index in [0.717, 1.165) is 38.8 Å². The Morgan fingerprint density at radius 2 is 1.80 bits per heavy atom. The molecule has 0 aromatic rings. The minimum atomic E-state index is 0.0286. The van der Waals surface area contributed by atoms with Crippen LogP contribution in [-0.2, 0) is 9.59 Å². The van der Waals surface area contributed by atoms with Gasteiger partial charge in [-0.2, -0.15) is 0 Å². The molecule has 25 heavy (non-hydrogen) atoms. The fraction of sp³-hybridized carbons (Fsp3) is 0.905. The van der Waals surface area contributed by atoms with Gasteiger partial charge in [0.25, 0.3) is 0 Å². The molecule has 2 amide bonds. The van der Waals surface area contributed by atoms with Crippen LogP contribution in [0.15, 0.2) is 0 Å². The van der Waals surface area contributed by atoms with E-state index in [2.05, 4.69) is 30.6 Å². The maximum absolute atomic E-state index is 13.0. The molecule has 4 unspecified atom stereocenters. The summed E-state index contributed by atoms with van der Waals surface area (Å²) >= 11 is 0. The molecule has 3 aliphatic rings. The molecular weight excluding hydrogens is 312 g/mol. The van der Waals surface area contributed by atoms with Gasteiger partial charge in [0.1, 0.15) is 0 Å². The van der Waals surface area contributed by atoms with E-state index in [4.69, 9.17) is 0 Å². The van der Waals surface area contributed by atoms with Gasteiger partial charge >= 0.3 is 0 Å². The zero-order valence-corrected chi connectivity index (χ0v) is 16.4. The highest BCUT2D eigenvalue weighted by atomic mass is 16.2. The van der Waals surface area contributed by atoms with Gasteiger partial charge in [0, 0.05) is 32.1 Å². The molecule has 4 atom stereocenters. The van der Waals surface area contributed by atoms with E-state index in [1.165, 1.54) is 19.3 Å². The van der Waals surface area contributed by atoms with Gasteiger partial charge in [0.15, 0.2) is 0 Å². The first-order chi connectivity index (χ1) is 12.0. The highest BCUT2D eigenvalue weighted by Gasteiger charge is 2.41. The van der Waals surface area contributed by atoms with E-state index >= 15 is 0 Å². The lowest BCUT2D eigenvalue weighted by atomic mass is 9.72. The maximum Gasteiger partial charge on any atom is 0.227 e. The first-order valence-corrected chi connectivity index (χ1v) is 10.6. The number of nitrogens with zero attached hydrogens (tertiary/aromatic N) is 2. The second-order valence-corrected chi connectivity index (χ2v) is 9.06. The van der Waals surface area contributed by atoms with Crippen LogP contribution >= 0.6 is 0 Å². The average molecular weight is 349 g/mol. The van der Waals surface area contributed by atoms with Gasteiger partial charge in [-0.3, -0.25) is 9.59 Å². The Hall–Kier alpha value is -1.06. The van der Waals surface area contributed by atoms with Gasteiger partial charge in [0.2, 0.25) is 11.8 Å². The lowest BCUT2D eigenvalue weighted by Gasteiger charge is -2.47. The Morgan fingerprint density at radius 3 is 2.48 bits per heavy atom. The number of likely N-dealkylation sites (tertiary alicyclic amines) is 2. The third-order valence-electron chi connectivity index (χ3n) is 6.85. The Labute approximate surface area is 153 Å². The SMILES string of the molecule is CC1CCC(C(C)C)C(N2CC(C(=O)N3CCCCC3)CCC2=O)C1. The monoisotopic (exact) mass is 348 g/mol. The fourth-order valence-corrected chi connectivity index (χ4v) is 5.28. The van der Waals surface area contributed by atoms with Crippen LogP contribution in [0.1, 0.15) is 72.1 Å². The molecule has 142 valence electrons. The standard InChI is InChI=1S/C21H36N2O2/c1-15(2)18-9-7-16(3)13-19(18)23-14-17(8-10-20(23)24)21(25)22-11-5-4-6-12-22/h15-19H,4-14H2,1-3H3. The minimum Gasteiger partial charge on any atom is -0.342 e. The topological polar surface area (TPSA) is 40.6 Å². The van der Waals surface area contributed by atoms with Crippen molar-refractivity contribution in [2.75, 3.05) is 19.6 Å². The summed E-state index contributed by atoms with van der Waals surface area (Å²) in [4.78, 5) is 29.9. The van der Waals surface area contributed by atoms with Gasteiger partial charge in [0.05, 0.1) is 5.92 Å². The van der Waals surface area contributed by atoms with Crippen LogP contribution in [0.25, 0.3) is 0 Å². The zero-order valence-electron chi connectivity index (χ0n) is 16.4. The summed E-state index contributed by atoms with van der Waals surface area (Å²) in [6.07, 6.45) is 8.43. The molecule has 0 spiro atoms. The number of amides is 2. The molecule has 2 aliphatic heterocycles. The molecular formula is C21H36N2O2. The van der Waals surface area contributed by atoms with Crippen LogP contribution in [0.5, 0.6) is 0 Å². The summed E-state index contributed by atoms with van der Waals surface area (Å²) in [6.45, 7) is 9.39. The first-order valence-electron chi connectivity index (χ1n) is 10.6. The smallest absolute Gasteiger partial charge is 0.227 e. The summed E-state index contributed by atoms with van der Waals surface area (Å²) in [6, 6.07) is 0.341. The lowest BCUT2D eigenvalue weighted by Crippen LogP contribution is -2.55.